The van der Waals surface area contributed by atoms with Crippen molar-refractivity contribution in [3.05, 3.63) is 46.3 Å². The van der Waals surface area contributed by atoms with Crippen LogP contribution in [-0.4, -0.2) is 14.9 Å². The van der Waals surface area contributed by atoms with Crippen molar-refractivity contribution < 1.29 is 4.43 Å². The third-order valence-corrected chi connectivity index (χ3v) is 8.21. The van der Waals surface area contributed by atoms with Crippen LogP contribution >= 0.6 is 0 Å². The minimum atomic E-state index is -1.88. The predicted octanol–water partition coefficient (Wildman–Crippen LogP) is 5.06. The smallest absolute Gasteiger partial charge is 0.192 e. The minimum Gasteiger partial charge on any atom is -0.410 e. The van der Waals surface area contributed by atoms with Gasteiger partial charge < -0.3 is 4.43 Å². The van der Waals surface area contributed by atoms with Crippen molar-refractivity contribution in [2.75, 3.05) is 6.54 Å². The van der Waals surface area contributed by atoms with Crippen LogP contribution in [0.25, 0.3) is 10.4 Å². The summed E-state index contributed by atoms with van der Waals surface area (Å²) in [6.45, 7) is 11.4. The SMILES string of the molecule is CC(C)(C)[Si](C)(C)O[C@H](CN=[N+]=[N-])c1ccccc1. The van der Waals surface area contributed by atoms with E-state index in [1.54, 1.807) is 0 Å². The van der Waals surface area contributed by atoms with Crippen LogP contribution in [0.2, 0.25) is 18.1 Å². The lowest BCUT2D eigenvalue weighted by atomic mass is 10.1. The van der Waals surface area contributed by atoms with E-state index in [2.05, 4.69) is 43.9 Å². The molecule has 0 saturated heterocycles. The van der Waals surface area contributed by atoms with Crippen molar-refractivity contribution in [1.82, 2.24) is 0 Å². The minimum absolute atomic E-state index is 0.135. The Hall–Kier alpha value is -1.29. The summed E-state index contributed by atoms with van der Waals surface area (Å²) in [5, 5.41) is 3.83. The van der Waals surface area contributed by atoms with Crippen LogP contribution in [0.15, 0.2) is 35.4 Å². The zero-order valence-corrected chi connectivity index (χ0v) is 13.4. The maximum atomic E-state index is 8.53. The van der Waals surface area contributed by atoms with Crippen LogP contribution in [0.1, 0.15) is 32.4 Å². The monoisotopic (exact) mass is 277 g/mol. The van der Waals surface area contributed by atoms with Gasteiger partial charge in [-0.1, -0.05) is 56.2 Å². The summed E-state index contributed by atoms with van der Waals surface area (Å²) in [7, 11) is -1.88. The Kier molecular flexibility index (Phi) is 5.17. The molecule has 0 aromatic heterocycles. The summed E-state index contributed by atoms with van der Waals surface area (Å²) in [4.78, 5) is 2.85. The topological polar surface area (TPSA) is 58.0 Å². The molecular formula is C14H23N3OSi. The van der Waals surface area contributed by atoms with Gasteiger partial charge in [0.05, 0.1) is 12.6 Å². The Morgan fingerprint density at radius 1 is 1.26 bits per heavy atom. The number of hydrogen-bond donors (Lipinski definition) is 0. The average Bonchev–Trinajstić information content (AvgIpc) is 2.34. The van der Waals surface area contributed by atoms with E-state index >= 15 is 0 Å². The molecule has 0 radical (unpaired) electrons. The van der Waals surface area contributed by atoms with Crippen molar-refractivity contribution in [3.63, 3.8) is 0 Å². The second kappa shape index (κ2) is 6.24. The fourth-order valence-corrected chi connectivity index (χ4v) is 2.80. The normalized spacial score (nSPS) is 13.7. The van der Waals surface area contributed by atoms with Crippen LogP contribution in [-0.2, 0) is 4.43 Å². The first kappa shape index (κ1) is 15.8. The van der Waals surface area contributed by atoms with Crippen LogP contribution in [0, 0.1) is 0 Å². The zero-order valence-electron chi connectivity index (χ0n) is 12.4. The number of rotatable bonds is 5. The molecule has 0 amide bonds. The van der Waals surface area contributed by atoms with Crippen LogP contribution in [0.5, 0.6) is 0 Å². The van der Waals surface area contributed by atoms with Gasteiger partial charge in [0.25, 0.3) is 0 Å². The van der Waals surface area contributed by atoms with Crippen LogP contribution in [0.4, 0.5) is 0 Å². The van der Waals surface area contributed by atoms with Crippen LogP contribution < -0.4 is 0 Å². The van der Waals surface area contributed by atoms with E-state index in [1.807, 2.05) is 30.3 Å². The summed E-state index contributed by atoms with van der Waals surface area (Å²) in [5.41, 5.74) is 9.60. The molecular weight excluding hydrogens is 254 g/mol. The Balaban J connectivity index is 2.97. The second-order valence-electron chi connectivity index (χ2n) is 6.19. The van der Waals surface area contributed by atoms with Crippen LogP contribution in [0.3, 0.4) is 0 Å². The largest absolute Gasteiger partial charge is 0.410 e. The molecule has 0 spiro atoms. The standard InChI is InChI=1S/C14H23N3OSi/c1-14(2,3)19(4,5)18-13(11-16-17-15)12-9-7-6-8-10-12/h6-10,13H,11H2,1-5H3/t13-/m1/s1. The Labute approximate surface area is 116 Å². The second-order valence-corrected chi connectivity index (χ2v) is 10.9. The maximum absolute atomic E-state index is 8.53. The quantitative estimate of drug-likeness (QED) is 0.321. The summed E-state index contributed by atoms with van der Waals surface area (Å²) >= 11 is 0. The first-order valence-corrected chi connectivity index (χ1v) is 9.42. The third-order valence-electron chi connectivity index (χ3n) is 3.73. The summed E-state index contributed by atoms with van der Waals surface area (Å²) in [6, 6.07) is 9.97. The Morgan fingerprint density at radius 2 is 1.84 bits per heavy atom. The van der Waals surface area contributed by atoms with E-state index in [4.69, 9.17) is 9.96 Å². The molecule has 0 saturated carbocycles. The highest BCUT2D eigenvalue weighted by Crippen LogP contribution is 2.39. The molecule has 0 aliphatic rings. The van der Waals surface area contributed by atoms with Gasteiger partial charge in [0.1, 0.15) is 0 Å². The lowest BCUT2D eigenvalue weighted by Gasteiger charge is -2.39. The molecule has 5 heteroatoms. The van der Waals surface area contributed by atoms with Crippen molar-refractivity contribution >= 4 is 8.32 Å². The van der Waals surface area contributed by atoms with Gasteiger partial charge in [0, 0.05) is 4.91 Å². The Morgan fingerprint density at radius 3 is 2.32 bits per heavy atom. The van der Waals surface area contributed by atoms with Gasteiger partial charge in [-0.2, -0.15) is 0 Å². The molecule has 0 heterocycles. The average molecular weight is 277 g/mol. The molecule has 0 aliphatic heterocycles. The van der Waals surface area contributed by atoms with Crippen molar-refractivity contribution in [2.24, 2.45) is 5.11 Å². The fraction of sp³-hybridized carbons (Fsp3) is 0.571. The molecule has 1 aromatic carbocycles. The van der Waals surface area contributed by atoms with Crippen molar-refractivity contribution in [1.29, 1.82) is 0 Å². The van der Waals surface area contributed by atoms with Gasteiger partial charge in [0.2, 0.25) is 0 Å². The summed E-state index contributed by atoms with van der Waals surface area (Å²) < 4.78 is 6.36. The number of hydrogen-bond acceptors (Lipinski definition) is 2. The van der Waals surface area contributed by atoms with E-state index in [1.165, 1.54) is 0 Å². The van der Waals surface area contributed by atoms with Gasteiger partial charge >= 0.3 is 0 Å². The first-order chi connectivity index (χ1) is 8.78. The number of azide groups is 1. The molecule has 0 fully saturated rings. The molecule has 19 heavy (non-hydrogen) atoms. The van der Waals surface area contributed by atoms with Gasteiger partial charge in [-0.15, -0.1) is 0 Å². The Bertz CT molecular complexity index is 448. The lowest BCUT2D eigenvalue weighted by molar-refractivity contribution is 0.191. The maximum Gasteiger partial charge on any atom is 0.192 e. The number of nitrogens with zero attached hydrogens (tertiary/aromatic N) is 3. The molecule has 0 bridgehead atoms. The highest BCUT2D eigenvalue weighted by Gasteiger charge is 2.39. The van der Waals surface area contributed by atoms with Crippen molar-refractivity contribution in [3.8, 4) is 0 Å². The van der Waals surface area contributed by atoms with Gasteiger partial charge in [-0.25, -0.2) is 0 Å². The molecule has 1 aromatic rings. The molecule has 0 aliphatic carbocycles. The van der Waals surface area contributed by atoms with Gasteiger partial charge in [0.15, 0.2) is 8.32 Å². The van der Waals surface area contributed by atoms with E-state index in [-0.39, 0.29) is 11.1 Å². The molecule has 4 nitrogen and oxygen atoms in total. The van der Waals surface area contributed by atoms with E-state index in [0.717, 1.165) is 5.56 Å². The van der Waals surface area contributed by atoms with E-state index in [0.29, 0.717) is 6.54 Å². The molecule has 1 atom stereocenters. The zero-order chi connectivity index (χ0) is 14.5. The lowest BCUT2D eigenvalue weighted by Crippen LogP contribution is -2.42. The predicted molar refractivity (Wildman–Crippen MR) is 81.5 cm³/mol. The van der Waals surface area contributed by atoms with E-state index < -0.39 is 8.32 Å². The third kappa shape index (κ3) is 4.38. The highest BCUT2D eigenvalue weighted by molar-refractivity contribution is 6.74. The summed E-state index contributed by atoms with van der Waals surface area (Å²) in [5.74, 6) is 0. The highest BCUT2D eigenvalue weighted by atomic mass is 28.4. The van der Waals surface area contributed by atoms with Gasteiger partial charge in [-0.3, -0.25) is 0 Å². The summed E-state index contributed by atoms with van der Waals surface area (Å²) in [6.07, 6.45) is -0.155. The fourth-order valence-electron chi connectivity index (χ4n) is 1.52. The molecule has 1 rings (SSSR count). The van der Waals surface area contributed by atoms with Gasteiger partial charge in [-0.05, 0) is 29.2 Å². The number of benzene rings is 1. The first-order valence-electron chi connectivity index (χ1n) is 6.51. The molecule has 0 unspecified atom stereocenters. The molecule has 0 N–H and O–H groups in total. The molecule has 104 valence electrons. The van der Waals surface area contributed by atoms with E-state index in [9.17, 15) is 0 Å². The van der Waals surface area contributed by atoms with Crippen molar-refractivity contribution in [2.45, 2.75) is 45.0 Å².